The van der Waals surface area contributed by atoms with Crippen LogP contribution in [0.25, 0.3) is 0 Å². The van der Waals surface area contributed by atoms with E-state index >= 15 is 0 Å². The number of carbonyl (C=O) groups excluding carboxylic acids is 1. The highest BCUT2D eigenvalue weighted by Crippen LogP contribution is 2.29. The number of carbonyl (C=O) groups is 3. The molecule has 0 fully saturated rings. The molecular formula is C44H44N4O13S3. The summed E-state index contributed by atoms with van der Waals surface area (Å²) in [7, 11) is -7.53. The maximum Gasteiger partial charge on any atom is 0.307 e. The third-order valence-electron chi connectivity index (χ3n) is 8.40. The quantitative estimate of drug-likeness (QED) is 0.0463. The van der Waals surface area contributed by atoms with Crippen molar-refractivity contribution in [3.63, 3.8) is 0 Å². The Morgan fingerprint density at radius 2 is 1.00 bits per heavy atom. The van der Waals surface area contributed by atoms with Crippen LogP contribution in [0.2, 0.25) is 0 Å². The Bertz CT molecular complexity index is 2730. The average molecular weight is 933 g/mol. The maximum atomic E-state index is 12.7. The molecule has 0 unspecified atom stereocenters. The van der Waals surface area contributed by atoms with Crippen LogP contribution >= 0.6 is 11.3 Å². The van der Waals surface area contributed by atoms with Crippen LogP contribution in [0.4, 0.5) is 16.5 Å². The van der Waals surface area contributed by atoms with Gasteiger partial charge in [0.25, 0.3) is 20.0 Å². The zero-order chi connectivity index (χ0) is 46.1. The number of rotatable bonds is 21. The van der Waals surface area contributed by atoms with Crippen LogP contribution in [0.1, 0.15) is 23.7 Å². The Balaban J connectivity index is 0.000000243. The van der Waals surface area contributed by atoms with Gasteiger partial charge in [-0.1, -0.05) is 65.9 Å². The van der Waals surface area contributed by atoms with Crippen molar-refractivity contribution in [3.8, 4) is 23.0 Å². The van der Waals surface area contributed by atoms with Gasteiger partial charge in [0.05, 0.1) is 23.4 Å². The molecule has 0 aliphatic rings. The van der Waals surface area contributed by atoms with Gasteiger partial charge in [0.1, 0.15) is 49.4 Å². The molecule has 6 aromatic rings. The van der Waals surface area contributed by atoms with Crippen molar-refractivity contribution in [1.82, 2.24) is 4.98 Å². The number of carboxylic acids is 2. The molecule has 0 spiro atoms. The van der Waals surface area contributed by atoms with Crippen LogP contribution in [0.3, 0.4) is 0 Å². The van der Waals surface area contributed by atoms with Gasteiger partial charge in [-0.05, 0) is 79.7 Å². The molecule has 1 amide bonds. The van der Waals surface area contributed by atoms with Gasteiger partial charge in [-0.25, -0.2) is 21.8 Å². The number of anilines is 3. The summed E-state index contributed by atoms with van der Waals surface area (Å²) >= 11 is 0.868. The number of benzene rings is 5. The van der Waals surface area contributed by atoms with Gasteiger partial charge in [0, 0.05) is 29.4 Å². The molecule has 1 aromatic heterocycles. The lowest BCUT2D eigenvalue weighted by Crippen LogP contribution is -2.13. The molecule has 0 saturated carbocycles. The fourth-order valence-corrected chi connectivity index (χ4v) is 9.22. The molecule has 64 heavy (non-hydrogen) atoms. The number of carboxylic acid groups (broad SMARTS) is 2. The topological polar surface area (TPSA) is 246 Å². The molecule has 1 heterocycles. The van der Waals surface area contributed by atoms with Crippen LogP contribution in [0.15, 0.2) is 136 Å². The second-order valence-electron chi connectivity index (χ2n) is 13.4. The van der Waals surface area contributed by atoms with Crippen molar-refractivity contribution < 1.29 is 60.4 Å². The number of para-hydroxylation sites is 2. The Morgan fingerprint density at radius 1 is 0.578 bits per heavy atom. The van der Waals surface area contributed by atoms with E-state index in [-0.39, 0.29) is 65.1 Å². The number of nitrogens with zero attached hydrogens (tertiary/aromatic N) is 1. The lowest BCUT2D eigenvalue weighted by Gasteiger charge is -2.12. The molecule has 20 heteroatoms. The van der Waals surface area contributed by atoms with E-state index in [4.69, 9.17) is 29.2 Å². The minimum absolute atomic E-state index is 0.0110. The first-order valence-electron chi connectivity index (χ1n) is 19.2. The molecule has 0 saturated heterocycles. The smallest absolute Gasteiger partial charge is 0.307 e. The van der Waals surface area contributed by atoms with Gasteiger partial charge in [-0.2, -0.15) is 0 Å². The van der Waals surface area contributed by atoms with Crippen molar-refractivity contribution in [3.05, 3.63) is 144 Å². The summed E-state index contributed by atoms with van der Waals surface area (Å²) < 4.78 is 77.5. The van der Waals surface area contributed by atoms with Crippen molar-refractivity contribution in [2.45, 2.75) is 35.8 Å². The molecule has 0 atom stereocenters. The zero-order valence-electron chi connectivity index (χ0n) is 34.4. The molecular weight excluding hydrogens is 889 g/mol. The number of nitrogens with one attached hydrogen (secondary N) is 3. The van der Waals surface area contributed by atoms with Crippen molar-refractivity contribution in [2.24, 2.45) is 0 Å². The lowest BCUT2D eigenvalue weighted by molar-refractivity contribution is -0.137. The van der Waals surface area contributed by atoms with Crippen LogP contribution in [-0.4, -0.2) is 76.3 Å². The Labute approximate surface area is 373 Å². The number of hydrogen-bond donors (Lipinski definition) is 5. The van der Waals surface area contributed by atoms with E-state index in [9.17, 15) is 31.2 Å². The fourth-order valence-electron chi connectivity index (χ4n) is 5.62. The Morgan fingerprint density at radius 3 is 1.45 bits per heavy atom. The molecule has 336 valence electrons. The highest BCUT2D eigenvalue weighted by atomic mass is 32.2. The summed E-state index contributed by atoms with van der Waals surface area (Å²) in [6, 6.07) is 34.8. The van der Waals surface area contributed by atoms with Gasteiger partial charge >= 0.3 is 11.9 Å². The third-order valence-corrected chi connectivity index (χ3v) is 12.9. The van der Waals surface area contributed by atoms with E-state index in [0.717, 1.165) is 11.3 Å². The number of thiazole rings is 1. The number of aromatic nitrogens is 1. The normalized spacial score (nSPS) is 11.0. The highest BCUT2D eigenvalue weighted by Gasteiger charge is 2.23. The Kier molecular flexibility index (Phi) is 17.1. The van der Waals surface area contributed by atoms with E-state index in [2.05, 4.69) is 19.7 Å². The predicted octanol–water partition coefficient (Wildman–Crippen LogP) is 6.87. The summed E-state index contributed by atoms with van der Waals surface area (Å²) in [6.45, 7) is 3.76. The number of sulfonamides is 2. The summed E-state index contributed by atoms with van der Waals surface area (Å²) in [5.41, 5.74) is 2.21. The lowest BCUT2D eigenvalue weighted by atomic mass is 10.1. The van der Waals surface area contributed by atoms with E-state index in [0.29, 0.717) is 45.5 Å². The van der Waals surface area contributed by atoms with Crippen LogP contribution in [-0.2, 0) is 47.3 Å². The van der Waals surface area contributed by atoms with Crippen molar-refractivity contribution >= 4 is 65.7 Å². The first kappa shape index (κ1) is 47.9. The number of hydrogen-bond acceptors (Lipinski definition) is 13. The summed E-state index contributed by atoms with van der Waals surface area (Å²) in [4.78, 5) is 37.3. The molecule has 5 aromatic carbocycles. The molecule has 5 N–H and O–H groups in total. The first-order valence-corrected chi connectivity index (χ1v) is 23.0. The van der Waals surface area contributed by atoms with Crippen LogP contribution in [0.5, 0.6) is 23.0 Å². The highest BCUT2D eigenvalue weighted by molar-refractivity contribution is 7.94. The number of aliphatic carboxylic acids is 2. The molecule has 0 aliphatic heterocycles. The SMILES string of the molecule is CC(=O)Nc1nc(C)c(S(=O)(=O)Nc2ccc(OCCOc3ccccc3CC(=O)O)cc2)s1.O=C(O)Cc1ccccc1OCCOc1ccc(NS(=O)(=O)c2ccccc2)cc1. The molecule has 0 radical (unpaired) electrons. The second-order valence-corrected chi connectivity index (χ2v) is 18.0. The summed E-state index contributed by atoms with van der Waals surface area (Å²) in [5, 5.41) is 20.6. The van der Waals surface area contributed by atoms with Gasteiger partial charge in [-0.15, -0.1) is 0 Å². The molecule has 17 nitrogen and oxygen atoms in total. The monoisotopic (exact) mass is 932 g/mol. The number of ether oxygens (including phenoxy) is 4. The average Bonchev–Trinajstić information content (AvgIpc) is 3.63. The van der Waals surface area contributed by atoms with E-state index in [1.54, 1.807) is 122 Å². The summed E-state index contributed by atoms with van der Waals surface area (Å²) in [5.74, 6) is -0.150. The second kappa shape index (κ2) is 22.8. The first-order chi connectivity index (χ1) is 30.6. The van der Waals surface area contributed by atoms with Gasteiger partial charge in [0.2, 0.25) is 5.91 Å². The molecule has 0 aliphatic carbocycles. The van der Waals surface area contributed by atoms with Gasteiger partial charge in [0.15, 0.2) is 9.34 Å². The van der Waals surface area contributed by atoms with Crippen molar-refractivity contribution in [1.29, 1.82) is 0 Å². The minimum atomic E-state index is -3.88. The van der Waals surface area contributed by atoms with E-state index < -0.39 is 32.0 Å². The molecule has 6 rings (SSSR count). The predicted molar refractivity (Wildman–Crippen MR) is 240 cm³/mol. The van der Waals surface area contributed by atoms with Crippen LogP contribution < -0.4 is 33.7 Å². The minimum Gasteiger partial charge on any atom is -0.490 e. The van der Waals surface area contributed by atoms with E-state index in [1.165, 1.54) is 19.1 Å². The Hall–Kier alpha value is -7.16. The standard InChI is InChI=1S/C22H23N3O7S2.C22H21NO6S/c1-14-21(33-22(23-14)24-15(2)26)34(29,30)25-17-7-9-18(10-8-17)31-11-12-32-19-6-4-3-5-16(19)13-20(27)28;24-22(25)16-17-6-4-5-9-21(17)29-15-14-28-19-12-10-18(11-13-19)23-30(26,27)20-7-2-1-3-8-20/h3-10,25H,11-13H2,1-2H3,(H,27,28)(H,23,24,26);1-13,23H,14-16H2,(H,24,25). The van der Waals surface area contributed by atoms with Crippen molar-refractivity contribution in [2.75, 3.05) is 41.2 Å². The largest absolute Gasteiger partial charge is 0.490 e. The third kappa shape index (κ3) is 15.0. The van der Waals surface area contributed by atoms with E-state index in [1.807, 2.05) is 0 Å². The number of amides is 1. The zero-order valence-corrected chi connectivity index (χ0v) is 36.9. The number of aryl methyl sites for hydroxylation is 1. The van der Waals surface area contributed by atoms with Crippen LogP contribution in [0, 0.1) is 6.92 Å². The maximum absolute atomic E-state index is 12.7. The summed E-state index contributed by atoms with van der Waals surface area (Å²) in [6.07, 6.45) is -0.249. The van der Waals surface area contributed by atoms with Gasteiger partial charge in [-0.3, -0.25) is 23.8 Å². The van der Waals surface area contributed by atoms with Gasteiger partial charge < -0.3 is 34.5 Å². The fraction of sp³-hybridized carbons (Fsp3) is 0.182. The molecule has 0 bridgehead atoms.